The SMILES string of the molecule is CCN(C(=O)c1nc2ccccc2[nH]1)[C@@]1(C)CCC[C@@H](NCc2ccccc2)C1. The van der Waals surface area contributed by atoms with Gasteiger partial charge in [-0.15, -0.1) is 0 Å². The highest BCUT2D eigenvalue weighted by atomic mass is 16.2. The van der Waals surface area contributed by atoms with E-state index in [1.807, 2.05) is 35.2 Å². The van der Waals surface area contributed by atoms with Gasteiger partial charge in [-0.1, -0.05) is 42.5 Å². The Hall–Kier alpha value is -2.66. The second-order valence-corrected chi connectivity index (χ2v) is 8.31. The number of imidazole rings is 1. The van der Waals surface area contributed by atoms with Crippen molar-refractivity contribution in [1.29, 1.82) is 0 Å². The number of hydrogen-bond acceptors (Lipinski definition) is 3. The number of rotatable bonds is 6. The third-order valence-corrected chi connectivity index (χ3v) is 6.20. The van der Waals surface area contributed by atoms with Crippen LogP contribution in [0.25, 0.3) is 11.0 Å². The molecule has 0 bridgehead atoms. The average Bonchev–Trinajstić information content (AvgIpc) is 3.18. The highest BCUT2D eigenvalue weighted by molar-refractivity contribution is 5.94. The van der Waals surface area contributed by atoms with Crippen molar-refractivity contribution in [3.63, 3.8) is 0 Å². The highest BCUT2D eigenvalue weighted by Gasteiger charge is 2.40. The maximum atomic E-state index is 13.3. The third kappa shape index (κ3) is 4.20. The number of para-hydroxylation sites is 2. The van der Waals surface area contributed by atoms with Gasteiger partial charge in [0.05, 0.1) is 11.0 Å². The Labute approximate surface area is 172 Å². The van der Waals surface area contributed by atoms with Crippen LogP contribution >= 0.6 is 0 Å². The molecular formula is C24H30N4O. The standard InChI is InChI=1S/C24H30N4O/c1-3-28(23(29)22-26-20-13-7-8-14-21(20)27-22)24(2)15-9-12-19(16-24)25-17-18-10-5-4-6-11-18/h4-8,10-11,13-14,19,25H,3,9,12,15-17H2,1-2H3,(H,26,27)/t19-,24+/m1/s1. The summed E-state index contributed by atoms with van der Waals surface area (Å²) in [7, 11) is 0. The zero-order chi connectivity index (χ0) is 20.3. The molecule has 1 fully saturated rings. The summed E-state index contributed by atoms with van der Waals surface area (Å²) in [6.07, 6.45) is 4.25. The molecule has 1 aliphatic carbocycles. The molecule has 0 spiro atoms. The molecule has 0 radical (unpaired) electrons. The summed E-state index contributed by atoms with van der Waals surface area (Å²) >= 11 is 0. The van der Waals surface area contributed by atoms with E-state index >= 15 is 0 Å². The molecule has 1 amide bonds. The lowest BCUT2D eigenvalue weighted by molar-refractivity contribution is 0.0359. The van der Waals surface area contributed by atoms with E-state index in [0.717, 1.165) is 43.3 Å². The molecule has 1 aliphatic rings. The predicted octanol–water partition coefficient (Wildman–Crippen LogP) is 4.52. The zero-order valence-electron chi connectivity index (χ0n) is 17.3. The van der Waals surface area contributed by atoms with Gasteiger partial charge in [-0.2, -0.15) is 0 Å². The maximum Gasteiger partial charge on any atom is 0.290 e. The monoisotopic (exact) mass is 390 g/mol. The molecular weight excluding hydrogens is 360 g/mol. The van der Waals surface area contributed by atoms with Gasteiger partial charge in [0.1, 0.15) is 0 Å². The van der Waals surface area contributed by atoms with Gasteiger partial charge < -0.3 is 15.2 Å². The summed E-state index contributed by atoms with van der Waals surface area (Å²) in [6, 6.07) is 18.7. The molecule has 1 heterocycles. The first kappa shape index (κ1) is 19.6. The lowest BCUT2D eigenvalue weighted by Gasteiger charge is -2.46. The molecule has 1 aromatic heterocycles. The fourth-order valence-corrected chi connectivity index (χ4v) is 4.69. The van der Waals surface area contributed by atoms with E-state index in [2.05, 4.69) is 53.4 Å². The van der Waals surface area contributed by atoms with Crippen molar-refractivity contribution in [3.05, 3.63) is 66.0 Å². The number of carbonyl (C=O) groups is 1. The van der Waals surface area contributed by atoms with E-state index < -0.39 is 0 Å². The molecule has 29 heavy (non-hydrogen) atoms. The Morgan fingerprint density at radius 1 is 1.21 bits per heavy atom. The number of aromatic nitrogens is 2. The molecule has 5 nitrogen and oxygen atoms in total. The smallest absolute Gasteiger partial charge is 0.290 e. The van der Waals surface area contributed by atoms with Gasteiger partial charge in [0.15, 0.2) is 5.82 Å². The Bertz CT molecular complexity index is 934. The predicted molar refractivity (Wildman–Crippen MR) is 117 cm³/mol. The molecule has 2 aromatic carbocycles. The van der Waals surface area contributed by atoms with Crippen LogP contribution < -0.4 is 5.32 Å². The lowest BCUT2D eigenvalue weighted by atomic mass is 9.78. The number of carbonyl (C=O) groups excluding carboxylic acids is 1. The molecule has 0 aliphatic heterocycles. The number of aromatic amines is 1. The summed E-state index contributed by atoms with van der Waals surface area (Å²) in [5.41, 5.74) is 2.87. The maximum absolute atomic E-state index is 13.3. The van der Waals surface area contributed by atoms with Gasteiger partial charge in [0, 0.05) is 24.7 Å². The average molecular weight is 391 g/mol. The Kier molecular flexibility index (Phi) is 5.67. The first-order valence-electron chi connectivity index (χ1n) is 10.6. The van der Waals surface area contributed by atoms with Gasteiger partial charge >= 0.3 is 0 Å². The van der Waals surface area contributed by atoms with Crippen LogP contribution in [-0.4, -0.2) is 38.9 Å². The minimum atomic E-state index is -0.169. The summed E-state index contributed by atoms with van der Waals surface area (Å²) < 4.78 is 0. The number of fused-ring (bicyclic) bond motifs is 1. The quantitative estimate of drug-likeness (QED) is 0.651. The topological polar surface area (TPSA) is 61.0 Å². The van der Waals surface area contributed by atoms with Crippen LogP contribution in [0.4, 0.5) is 0 Å². The third-order valence-electron chi connectivity index (χ3n) is 6.20. The molecule has 0 saturated heterocycles. The Morgan fingerprint density at radius 2 is 1.97 bits per heavy atom. The molecule has 2 atom stereocenters. The molecule has 1 saturated carbocycles. The van der Waals surface area contributed by atoms with Crippen molar-refractivity contribution >= 4 is 16.9 Å². The van der Waals surface area contributed by atoms with Gasteiger partial charge in [0.2, 0.25) is 0 Å². The van der Waals surface area contributed by atoms with E-state index in [4.69, 9.17) is 0 Å². The minimum absolute atomic E-state index is 0.00471. The van der Waals surface area contributed by atoms with E-state index in [-0.39, 0.29) is 11.4 Å². The number of benzene rings is 2. The van der Waals surface area contributed by atoms with E-state index in [1.54, 1.807) is 0 Å². The van der Waals surface area contributed by atoms with Gasteiger partial charge in [-0.3, -0.25) is 4.79 Å². The van der Waals surface area contributed by atoms with E-state index in [9.17, 15) is 4.79 Å². The van der Waals surface area contributed by atoms with Crippen molar-refractivity contribution < 1.29 is 4.79 Å². The van der Waals surface area contributed by atoms with Gasteiger partial charge in [-0.25, -0.2) is 4.98 Å². The Morgan fingerprint density at radius 3 is 2.72 bits per heavy atom. The molecule has 3 aromatic rings. The number of H-pyrrole nitrogens is 1. The van der Waals surface area contributed by atoms with Crippen molar-refractivity contribution in [2.24, 2.45) is 0 Å². The molecule has 5 heteroatoms. The first-order chi connectivity index (χ1) is 14.1. The second kappa shape index (κ2) is 8.37. The van der Waals surface area contributed by atoms with Crippen molar-refractivity contribution in [3.8, 4) is 0 Å². The van der Waals surface area contributed by atoms with Gasteiger partial charge in [-0.05, 0) is 57.2 Å². The molecule has 2 N–H and O–H groups in total. The largest absolute Gasteiger partial charge is 0.334 e. The summed E-state index contributed by atoms with van der Waals surface area (Å²) in [4.78, 5) is 23.1. The Balaban J connectivity index is 1.48. The fourth-order valence-electron chi connectivity index (χ4n) is 4.69. The van der Waals surface area contributed by atoms with Gasteiger partial charge in [0.25, 0.3) is 5.91 Å². The van der Waals surface area contributed by atoms with E-state index in [1.165, 1.54) is 5.56 Å². The number of nitrogens with one attached hydrogen (secondary N) is 2. The lowest BCUT2D eigenvalue weighted by Crippen LogP contribution is -2.55. The van der Waals surface area contributed by atoms with Crippen LogP contribution in [0.2, 0.25) is 0 Å². The van der Waals surface area contributed by atoms with Crippen LogP contribution in [-0.2, 0) is 6.54 Å². The normalized spacial score (nSPS) is 21.9. The van der Waals surface area contributed by atoms with E-state index in [0.29, 0.717) is 18.4 Å². The van der Waals surface area contributed by atoms with Crippen LogP contribution in [0, 0.1) is 0 Å². The van der Waals surface area contributed by atoms with Crippen molar-refractivity contribution in [1.82, 2.24) is 20.2 Å². The van der Waals surface area contributed by atoms with Crippen LogP contribution in [0.3, 0.4) is 0 Å². The number of hydrogen-bond donors (Lipinski definition) is 2. The fraction of sp³-hybridized carbons (Fsp3) is 0.417. The van der Waals surface area contributed by atoms with Crippen molar-refractivity contribution in [2.75, 3.05) is 6.54 Å². The number of amides is 1. The summed E-state index contributed by atoms with van der Waals surface area (Å²) in [5.74, 6) is 0.434. The zero-order valence-corrected chi connectivity index (χ0v) is 17.3. The van der Waals surface area contributed by atoms with Crippen molar-refractivity contribution in [2.45, 2.75) is 57.7 Å². The summed E-state index contributed by atoms with van der Waals surface area (Å²) in [6.45, 7) is 5.84. The molecule has 4 rings (SSSR count). The summed E-state index contributed by atoms with van der Waals surface area (Å²) in [5, 5.41) is 3.71. The van der Waals surface area contributed by atoms with Crippen LogP contribution in [0.5, 0.6) is 0 Å². The first-order valence-corrected chi connectivity index (χ1v) is 10.6. The second-order valence-electron chi connectivity index (χ2n) is 8.31. The minimum Gasteiger partial charge on any atom is -0.334 e. The molecule has 0 unspecified atom stereocenters. The van der Waals surface area contributed by atoms with Crippen LogP contribution in [0.15, 0.2) is 54.6 Å². The number of nitrogens with zero attached hydrogens (tertiary/aromatic N) is 2. The highest BCUT2D eigenvalue weighted by Crippen LogP contribution is 2.34. The molecule has 152 valence electrons. The van der Waals surface area contributed by atoms with Crippen LogP contribution in [0.1, 0.15) is 55.7 Å².